The number of benzene rings is 1. The number of thiazole rings is 1. The number of esters is 1. The Morgan fingerprint density at radius 3 is 2.91 bits per heavy atom. The maximum Gasteiger partial charge on any atom is 0.338 e. The Kier molecular flexibility index (Phi) is 6.82. The molecule has 1 aromatic carbocycles. The second kappa shape index (κ2) is 9.77. The average Bonchev–Trinajstić information content (AvgIpc) is 3.35. The van der Waals surface area contributed by atoms with Crippen LogP contribution in [0.4, 0.5) is 4.39 Å². The van der Waals surface area contributed by atoms with Crippen molar-refractivity contribution < 1.29 is 28.6 Å². The Labute approximate surface area is 193 Å². The number of carboxylic acid groups (broad SMARTS) is 1. The summed E-state index contributed by atoms with van der Waals surface area (Å²) in [4.78, 5) is 35.4. The number of carbonyl (C=O) groups is 2. The first-order chi connectivity index (χ1) is 15.9. The number of aryl methyl sites for hydroxylation is 1. The van der Waals surface area contributed by atoms with E-state index in [4.69, 9.17) is 9.47 Å². The topological polar surface area (TPSA) is 113 Å². The molecule has 1 fully saturated rings. The number of carboxylic acids is 1. The summed E-state index contributed by atoms with van der Waals surface area (Å²) in [6.45, 7) is 2.53. The van der Waals surface area contributed by atoms with Crippen LogP contribution in [-0.2, 0) is 19.1 Å². The second-order valence-electron chi connectivity index (χ2n) is 7.63. The van der Waals surface area contributed by atoms with E-state index >= 15 is 0 Å². The van der Waals surface area contributed by atoms with Gasteiger partial charge in [0.05, 0.1) is 25.9 Å². The minimum absolute atomic E-state index is 0.0379. The van der Waals surface area contributed by atoms with Gasteiger partial charge in [-0.1, -0.05) is 12.1 Å². The molecule has 33 heavy (non-hydrogen) atoms. The zero-order valence-corrected chi connectivity index (χ0v) is 18.9. The predicted molar refractivity (Wildman–Crippen MR) is 119 cm³/mol. The maximum atomic E-state index is 14.4. The third-order valence-electron chi connectivity index (χ3n) is 5.56. The first-order valence-electron chi connectivity index (χ1n) is 10.3. The fraction of sp³-hybridized carbons (Fsp3) is 0.364. The Hall–Kier alpha value is -3.15. The number of methoxy groups -OCH3 is 1. The highest BCUT2D eigenvalue weighted by atomic mass is 32.1. The Morgan fingerprint density at radius 1 is 1.42 bits per heavy atom. The van der Waals surface area contributed by atoms with Gasteiger partial charge in [0.2, 0.25) is 0 Å². The molecule has 2 aliphatic rings. The number of hydrogen-bond donors (Lipinski definition) is 2. The minimum Gasteiger partial charge on any atom is -0.480 e. The molecule has 1 saturated heterocycles. The zero-order chi connectivity index (χ0) is 23.5. The van der Waals surface area contributed by atoms with E-state index in [2.05, 4.69) is 15.3 Å². The number of nitrogens with zero attached hydrogens (tertiary/aromatic N) is 3. The summed E-state index contributed by atoms with van der Waals surface area (Å²) < 4.78 is 24.8. The molecule has 174 valence electrons. The number of rotatable bonds is 6. The summed E-state index contributed by atoms with van der Waals surface area (Å²) in [7, 11) is 1.26. The Morgan fingerprint density at radius 2 is 2.24 bits per heavy atom. The van der Waals surface area contributed by atoms with Gasteiger partial charge in [0, 0.05) is 30.4 Å². The lowest BCUT2D eigenvalue weighted by atomic mass is 9.94. The lowest BCUT2D eigenvalue weighted by Crippen LogP contribution is -2.52. The molecule has 2 aliphatic heterocycles. The van der Waals surface area contributed by atoms with Crippen LogP contribution in [0, 0.1) is 12.7 Å². The molecule has 11 heteroatoms. The van der Waals surface area contributed by atoms with Crippen molar-refractivity contribution in [1.29, 1.82) is 0 Å². The fourth-order valence-electron chi connectivity index (χ4n) is 3.80. The molecule has 0 spiro atoms. The van der Waals surface area contributed by atoms with Gasteiger partial charge in [0.1, 0.15) is 17.9 Å². The molecule has 0 bridgehead atoms. The summed E-state index contributed by atoms with van der Waals surface area (Å²) in [5, 5.41) is 15.2. The smallest absolute Gasteiger partial charge is 0.338 e. The number of nitrogens with one attached hydrogen (secondary N) is 1. The average molecular weight is 475 g/mol. The van der Waals surface area contributed by atoms with Crippen LogP contribution < -0.4 is 5.32 Å². The lowest BCUT2D eigenvalue weighted by Gasteiger charge is -2.35. The van der Waals surface area contributed by atoms with Gasteiger partial charge in [0.15, 0.2) is 10.8 Å². The molecule has 3 heterocycles. The van der Waals surface area contributed by atoms with Crippen LogP contribution in [0.5, 0.6) is 0 Å². The first kappa shape index (κ1) is 23.0. The molecule has 4 rings (SSSR count). The summed E-state index contributed by atoms with van der Waals surface area (Å²) in [5.41, 5.74) is 1.57. The standard InChI is InChI=1S/C22H23FN4O5S/c1-12-3-4-13(9-14(12)23)18-17(22(30)31-2)15(25-19(26-18)20-24-5-8-33-20)10-27-6-7-32-11-16(27)21(28)29/h3-5,8-9,16,18H,6-7,10-11H2,1-2H3,(H,25,26)(H,28,29)/t16-,18-/m0/s1. The third kappa shape index (κ3) is 4.80. The Balaban J connectivity index is 1.81. The molecule has 0 radical (unpaired) electrons. The van der Waals surface area contributed by atoms with Crippen molar-refractivity contribution >= 4 is 29.1 Å². The van der Waals surface area contributed by atoms with Crippen LogP contribution >= 0.6 is 11.3 Å². The molecule has 2 aromatic rings. The van der Waals surface area contributed by atoms with Crippen molar-refractivity contribution in [2.75, 3.05) is 33.4 Å². The van der Waals surface area contributed by atoms with E-state index in [1.165, 1.54) is 24.5 Å². The minimum atomic E-state index is -1.02. The molecule has 2 atom stereocenters. The van der Waals surface area contributed by atoms with E-state index in [9.17, 15) is 19.1 Å². The quantitative estimate of drug-likeness (QED) is 0.611. The van der Waals surface area contributed by atoms with Crippen molar-refractivity contribution in [2.24, 2.45) is 4.99 Å². The van der Waals surface area contributed by atoms with Crippen LogP contribution in [-0.4, -0.2) is 72.2 Å². The number of aromatic nitrogens is 1. The van der Waals surface area contributed by atoms with Gasteiger partial charge in [-0.2, -0.15) is 0 Å². The van der Waals surface area contributed by atoms with Crippen LogP contribution in [0.3, 0.4) is 0 Å². The summed E-state index contributed by atoms with van der Waals surface area (Å²) in [5.74, 6) is -1.65. The number of ether oxygens (including phenoxy) is 2. The SMILES string of the molecule is COC(=O)C1=C(CN2CCOC[C@H]2C(=O)O)NC(c2nccs2)=N[C@H]1c1ccc(C)c(F)c1. The number of aliphatic imine (C=N–C) groups is 1. The summed E-state index contributed by atoms with van der Waals surface area (Å²) in [6.07, 6.45) is 1.63. The number of hydrogen-bond acceptors (Lipinski definition) is 9. The van der Waals surface area contributed by atoms with E-state index < -0.39 is 29.8 Å². The van der Waals surface area contributed by atoms with Gasteiger partial charge >= 0.3 is 11.9 Å². The second-order valence-corrected chi connectivity index (χ2v) is 8.53. The zero-order valence-electron chi connectivity index (χ0n) is 18.1. The molecule has 0 amide bonds. The van der Waals surface area contributed by atoms with Crippen molar-refractivity contribution in [2.45, 2.75) is 19.0 Å². The van der Waals surface area contributed by atoms with E-state index in [-0.39, 0.29) is 18.7 Å². The van der Waals surface area contributed by atoms with Gasteiger partial charge in [-0.15, -0.1) is 11.3 Å². The van der Waals surface area contributed by atoms with Gasteiger partial charge in [0.25, 0.3) is 0 Å². The molecule has 2 N–H and O–H groups in total. The number of amidine groups is 1. The Bertz CT molecular complexity index is 1120. The highest BCUT2D eigenvalue weighted by Crippen LogP contribution is 2.34. The molecule has 9 nitrogen and oxygen atoms in total. The van der Waals surface area contributed by atoms with Crippen LogP contribution in [0.25, 0.3) is 0 Å². The van der Waals surface area contributed by atoms with Gasteiger partial charge in [-0.05, 0) is 24.1 Å². The van der Waals surface area contributed by atoms with Gasteiger partial charge < -0.3 is 19.9 Å². The van der Waals surface area contributed by atoms with Crippen molar-refractivity contribution in [3.8, 4) is 0 Å². The number of aliphatic carboxylic acids is 1. The summed E-state index contributed by atoms with van der Waals surface area (Å²) >= 11 is 1.36. The highest BCUT2D eigenvalue weighted by Gasteiger charge is 2.36. The normalized spacial score (nSPS) is 21.4. The maximum absolute atomic E-state index is 14.4. The highest BCUT2D eigenvalue weighted by molar-refractivity contribution is 7.11. The summed E-state index contributed by atoms with van der Waals surface area (Å²) in [6, 6.07) is 2.97. The lowest BCUT2D eigenvalue weighted by molar-refractivity contribution is -0.149. The monoisotopic (exact) mass is 474 g/mol. The molecule has 0 unspecified atom stereocenters. The molecule has 0 saturated carbocycles. The van der Waals surface area contributed by atoms with Crippen molar-refractivity contribution in [1.82, 2.24) is 15.2 Å². The largest absolute Gasteiger partial charge is 0.480 e. The molecular weight excluding hydrogens is 451 g/mol. The van der Waals surface area contributed by atoms with E-state index in [1.54, 1.807) is 35.5 Å². The van der Waals surface area contributed by atoms with E-state index in [0.29, 0.717) is 40.8 Å². The fourth-order valence-corrected chi connectivity index (χ4v) is 4.39. The number of morpholine rings is 1. The van der Waals surface area contributed by atoms with Crippen LogP contribution in [0.1, 0.15) is 22.2 Å². The first-order valence-corrected chi connectivity index (χ1v) is 11.1. The molecule has 0 aliphatic carbocycles. The van der Waals surface area contributed by atoms with Crippen LogP contribution in [0.2, 0.25) is 0 Å². The van der Waals surface area contributed by atoms with E-state index in [0.717, 1.165) is 0 Å². The number of carbonyl (C=O) groups excluding carboxylic acids is 1. The van der Waals surface area contributed by atoms with Crippen molar-refractivity contribution in [3.05, 3.63) is 63.0 Å². The molecular formula is C22H23FN4O5S. The van der Waals surface area contributed by atoms with Gasteiger partial charge in [-0.25, -0.2) is 14.2 Å². The number of halogens is 1. The van der Waals surface area contributed by atoms with Crippen LogP contribution in [0.15, 0.2) is 46.0 Å². The third-order valence-corrected chi connectivity index (χ3v) is 6.34. The molecule has 1 aromatic heterocycles. The van der Waals surface area contributed by atoms with Crippen molar-refractivity contribution in [3.63, 3.8) is 0 Å². The van der Waals surface area contributed by atoms with E-state index in [1.807, 2.05) is 0 Å². The predicted octanol–water partition coefficient (Wildman–Crippen LogP) is 1.89. The van der Waals surface area contributed by atoms with Gasteiger partial charge in [-0.3, -0.25) is 14.7 Å².